The zero-order valence-electron chi connectivity index (χ0n) is 13.9. The van der Waals surface area contributed by atoms with Crippen molar-refractivity contribution in [2.24, 2.45) is 0 Å². The molecular formula is C20H21N3O. The number of imidazole rings is 1. The fraction of sp³-hybridized carbons (Fsp3) is 0.200. The fourth-order valence-electron chi connectivity index (χ4n) is 2.78. The van der Waals surface area contributed by atoms with Gasteiger partial charge in [0.05, 0.1) is 12.4 Å². The van der Waals surface area contributed by atoms with Crippen LogP contribution in [-0.4, -0.2) is 15.5 Å². The number of aryl methyl sites for hydroxylation is 1. The molecule has 24 heavy (non-hydrogen) atoms. The third-order valence-corrected chi connectivity index (χ3v) is 4.14. The SMILES string of the molecule is Cc1ccccc1[C@@H](C)NC(=O)c1ccc(Cn2ccnc2)cc1. The minimum Gasteiger partial charge on any atom is -0.346 e. The molecule has 0 aliphatic carbocycles. The first-order chi connectivity index (χ1) is 11.6. The van der Waals surface area contributed by atoms with Gasteiger partial charge in [0, 0.05) is 24.5 Å². The van der Waals surface area contributed by atoms with E-state index in [0.29, 0.717) is 5.56 Å². The Bertz CT molecular complexity index is 807. The van der Waals surface area contributed by atoms with Gasteiger partial charge in [-0.15, -0.1) is 0 Å². The summed E-state index contributed by atoms with van der Waals surface area (Å²) in [6, 6.07) is 15.8. The molecule has 0 unspecified atom stereocenters. The molecule has 3 aromatic rings. The van der Waals surface area contributed by atoms with Crippen molar-refractivity contribution in [1.29, 1.82) is 0 Å². The quantitative estimate of drug-likeness (QED) is 0.779. The van der Waals surface area contributed by atoms with Gasteiger partial charge in [0.15, 0.2) is 0 Å². The topological polar surface area (TPSA) is 46.9 Å². The Balaban J connectivity index is 1.66. The van der Waals surface area contributed by atoms with Gasteiger partial charge >= 0.3 is 0 Å². The molecule has 0 aliphatic heterocycles. The van der Waals surface area contributed by atoms with E-state index in [4.69, 9.17) is 0 Å². The molecule has 0 spiro atoms. The second-order valence-corrected chi connectivity index (χ2v) is 5.98. The number of carbonyl (C=O) groups excluding carboxylic acids is 1. The Morgan fingerprint density at radius 3 is 2.58 bits per heavy atom. The van der Waals surface area contributed by atoms with Gasteiger partial charge in [-0.1, -0.05) is 36.4 Å². The van der Waals surface area contributed by atoms with Crippen LogP contribution < -0.4 is 5.32 Å². The highest BCUT2D eigenvalue weighted by Crippen LogP contribution is 2.17. The maximum Gasteiger partial charge on any atom is 0.251 e. The lowest BCUT2D eigenvalue weighted by molar-refractivity contribution is 0.0940. The number of hydrogen-bond donors (Lipinski definition) is 1. The Morgan fingerprint density at radius 1 is 1.17 bits per heavy atom. The van der Waals surface area contributed by atoms with Crippen LogP contribution in [0.5, 0.6) is 0 Å². The van der Waals surface area contributed by atoms with Crippen LogP contribution in [-0.2, 0) is 6.54 Å². The predicted octanol–water partition coefficient (Wildman–Crippen LogP) is 3.73. The average molecular weight is 319 g/mol. The lowest BCUT2D eigenvalue weighted by Gasteiger charge is -2.16. The molecular weight excluding hydrogens is 298 g/mol. The molecule has 4 nitrogen and oxygen atoms in total. The van der Waals surface area contributed by atoms with Gasteiger partial charge in [0.1, 0.15) is 0 Å². The predicted molar refractivity (Wildman–Crippen MR) is 94.8 cm³/mol. The number of nitrogens with one attached hydrogen (secondary N) is 1. The molecule has 0 saturated carbocycles. The Morgan fingerprint density at radius 2 is 1.92 bits per heavy atom. The van der Waals surface area contributed by atoms with Gasteiger partial charge in [-0.3, -0.25) is 4.79 Å². The molecule has 122 valence electrons. The number of amides is 1. The third-order valence-electron chi connectivity index (χ3n) is 4.14. The monoisotopic (exact) mass is 319 g/mol. The van der Waals surface area contributed by atoms with Gasteiger partial charge in [0.2, 0.25) is 0 Å². The smallest absolute Gasteiger partial charge is 0.251 e. The van der Waals surface area contributed by atoms with Gasteiger partial charge < -0.3 is 9.88 Å². The normalized spacial score (nSPS) is 11.9. The van der Waals surface area contributed by atoms with Gasteiger partial charge in [-0.2, -0.15) is 0 Å². The molecule has 0 fully saturated rings. The van der Waals surface area contributed by atoms with Crippen molar-refractivity contribution in [3.05, 3.63) is 89.5 Å². The summed E-state index contributed by atoms with van der Waals surface area (Å²) >= 11 is 0. The van der Waals surface area contributed by atoms with E-state index in [9.17, 15) is 4.79 Å². The highest BCUT2D eigenvalue weighted by molar-refractivity contribution is 5.94. The lowest BCUT2D eigenvalue weighted by atomic mass is 10.0. The standard InChI is InChI=1S/C20H21N3O/c1-15-5-3-4-6-19(15)16(2)22-20(24)18-9-7-17(8-10-18)13-23-12-11-21-14-23/h3-12,14,16H,13H2,1-2H3,(H,22,24)/t16-/m1/s1. The largest absolute Gasteiger partial charge is 0.346 e. The summed E-state index contributed by atoms with van der Waals surface area (Å²) in [7, 11) is 0. The zero-order valence-corrected chi connectivity index (χ0v) is 13.9. The van der Waals surface area contributed by atoms with Crippen LogP contribution in [0.15, 0.2) is 67.3 Å². The fourth-order valence-corrected chi connectivity index (χ4v) is 2.78. The van der Waals surface area contributed by atoms with Crippen molar-refractivity contribution in [2.75, 3.05) is 0 Å². The zero-order chi connectivity index (χ0) is 16.9. The molecule has 3 rings (SSSR count). The number of benzene rings is 2. The van der Waals surface area contributed by atoms with E-state index in [2.05, 4.69) is 29.4 Å². The number of aromatic nitrogens is 2. The van der Waals surface area contributed by atoms with Crippen LogP contribution in [0.4, 0.5) is 0 Å². The van der Waals surface area contributed by atoms with E-state index in [1.54, 1.807) is 12.5 Å². The lowest BCUT2D eigenvalue weighted by Crippen LogP contribution is -2.27. The van der Waals surface area contributed by atoms with E-state index in [0.717, 1.165) is 17.7 Å². The van der Waals surface area contributed by atoms with Crippen LogP contribution in [0.25, 0.3) is 0 Å². The summed E-state index contributed by atoms with van der Waals surface area (Å²) in [6.07, 6.45) is 5.46. The van der Waals surface area contributed by atoms with Gasteiger partial charge in [-0.25, -0.2) is 4.98 Å². The molecule has 1 heterocycles. The second kappa shape index (κ2) is 7.13. The van der Waals surface area contributed by atoms with Crippen LogP contribution in [0.2, 0.25) is 0 Å². The molecule has 1 N–H and O–H groups in total. The van der Waals surface area contributed by atoms with E-state index >= 15 is 0 Å². The van der Waals surface area contributed by atoms with Crippen LogP contribution in [0.3, 0.4) is 0 Å². The molecule has 1 aromatic heterocycles. The summed E-state index contributed by atoms with van der Waals surface area (Å²) < 4.78 is 2.00. The van der Waals surface area contributed by atoms with Crippen LogP contribution in [0.1, 0.15) is 40.0 Å². The van der Waals surface area contributed by atoms with Crippen molar-refractivity contribution >= 4 is 5.91 Å². The summed E-state index contributed by atoms with van der Waals surface area (Å²) in [5, 5.41) is 3.06. The van der Waals surface area contributed by atoms with Crippen molar-refractivity contribution in [3.8, 4) is 0 Å². The molecule has 0 bridgehead atoms. The molecule has 4 heteroatoms. The molecule has 0 aliphatic rings. The molecule has 1 amide bonds. The van der Waals surface area contributed by atoms with Gasteiger partial charge in [0.25, 0.3) is 5.91 Å². The maximum absolute atomic E-state index is 12.4. The van der Waals surface area contributed by atoms with Crippen LogP contribution >= 0.6 is 0 Å². The number of hydrogen-bond acceptors (Lipinski definition) is 2. The molecule has 1 atom stereocenters. The van der Waals surface area contributed by atoms with Crippen molar-refractivity contribution in [2.45, 2.75) is 26.4 Å². The maximum atomic E-state index is 12.4. The molecule has 0 radical (unpaired) electrons. The summed E-state index contributed by atoms with van der Waals surface area (Å²) in [5.41, 5.74) is 4.13. The number of nitrogens with zero attached hydrogens (tertiary/aromatic N) is 2. The van der Waals surface area contributed by atoms with E-state index in [-0.39, 0.29) is 11.9 Å². The van der Waals surface area contributed by atoms with E-state index < -0.39 is 0 Å². The Kier molecular flexibility index (Phi) is 4.75. The van der Waals surface area contributed by atoms with E-state index in [1.165, 1.54) is 5.56 Å². The first kappa shape index (κ1) is 16.0. The summed E-state index contributed by atoms with van der Waals surface area (Å²) in [6.45, 7) is 4.82. The van der Waals surface area contributed by atoms with Crippen LogP contribution in [0, 0.1) is 6.92 Å². The Labute approximate surface area is 142 Å². The van der Waals surface area contributed by atoms with Gasteiger partial charge in [-0.05, 0) is 42.7 Å². The highest BCUT2D eigenvalue weighted by atomic mass is 16.1. The van der Waals surface area contributed by atoms with E-state index in [1.807, 2.05) is 54.1 Å². The number of carbonyl (C=O) groups is 1. The third kappa shape index (κ3) is 3.71. The minimum absolute atomic E-state index is 0.0238. The highest BCUT2D eigenvalue weighted by Gasteiger charge is 2.12. The van der Waals surface area contributed by atoms with Crippen molar-refractivity contribution in [3.63, 3.8) is 0 Å². The first-order valence-corrected chi connectivity index (χ1v) is 8.04. The number of rotatable bonds is 5. The Hall–Kier alpha value is -2.88. The molecule has 2 aromatic carbocycles. The molecule has 0 saturated heterocycles. The van der Waals surface area contributed by atoms with Crippen molar-refractivity contribution < 1.29 is 4.79 Å². The van der Waals surface area contributed by atoms with Crippen molar-refractivity contribution in [1.82, 2.24) is 14.9 Å². The second-order valence-electron chi connectivity index (χ2n) is 5.98. The minimum atomic E-state index is -0.0556. The first-order valence-electron chi connectivity index (χ1n) is 8.04. The summed E-state index contributed by atoms with van der Waals surface area (Å²) in [4.78, 5) is 16.5. The average Bonchev–Trinajstić information content (AvgIpc) is 3.08. The summed E-state index contributed by atoms with van der Waals surface area (Å²) in [5.74, 6) is -0.0556.